The van der Waals surface area contributed by atoms with Crippen molar-refractivity contribution < 1.29 is 9.90 Å². The standard InChI is InChI=1S/C12H18O2/c1-10(12(13)14)9-11-7-5-3-2-4-6-8-11/h2-3,11H,1,4-9H2,(H,13,14). The molecule has 0 heterocycles. The van der Waals surface area contributed by atoms with Gasteiger partial charge in [0.25, 0.3) is 0 Å². The Morgan fingerprint density at radius 1 is 1.36 bits per heavy atom. The van der Waals surface area contributed by atoms with Gasteiger partial charge in [-0.1, -0.05) is 18.7 Å². The lowest BCUT2D eigenvalue weighted by Crippen LogP contribution is -2.08. The van der Waals surface area contributed by atoms with Crippen molar-refractivity contribution in [2.45, 2.75) is 38.5 Å². The second-order valence-electron chi connectivity index (χ2n) is 3.96. The molecule has 0 aromatic heterocycles. The van der Waals surface area contributed by atoms with Crippen molar-refractivity contribution in [2.75, 3.05) is 0 Å². The topological polar surface area (TPSA) is 37.3 Å². The van der Waals surface area contributed by atoms with Crippen LogP contribution in [-0.4, -0.2) is 11.1 Å². The number of hydrogen-bond donors (Lipinski definition) is 1. The van der Waals surface area contributed by atoms with Crippen LogP contribution in [-0.2, 0) is 4.79 Å². The Morgan fingerprint density at radius 3 is 2.79 bits per heavy atom. The molecule has 2 nitrogen and oxygen atoms in total. The molecule has 0 amide bonds. The van der Waals surface area contributed by atoms with Gasteiger partial charge < -0.3 is 5.11 Å². The van der Waals surface area contributed by atoms with E-state index in [2.05, 4.69) is 18.7 Å². The van der Waals surface area contributed by atoms with E-state index in [1.807, 2.05) is 0 Å². The normalized spacial score (nSPS) is 22.4. The average molecular weight is 194 g/mol. The average Bonchev–Trinajstić information content (AvgIpc) is 2.08. The van der Waals surface area contributed by atoms with Gasteiger partial charge >= 0.3 is 5.97 Å². The Labute approximate surface area is 85.3 Å². The first-order valence-electron chi connectivity index (χ1n) is 5.26. The van der Waals surface area contributed by atoms with Crippen molar-refractivity contribution in [1.82, 2.24) is 0 Å². The van der Waals surface area contributed by atoms with Crippen molar-refractivity contribution in [1.29, 1.82) is 0 Å². The fraction of sp³-hybridized carbons (Fsp3) is 0.583. The number of carbonyl (C=O) groups is 1. The molecule has 1 aliphatic rings. The monoisotopic (exact) mass is 194 g/mol. The third-order valence-corrected chi connectivity index (χ3v) is 2.73. The highest BCUT2D eigenvalue weighted by Crippen LogP contribution is 2.24. The van der Waals surface area contributed by atoms with Crippen LogP contribution in [0.15, 0.2) is 24.3 Å². The molecule has 0 saturated heterocycles. The second-order valence-corrected chi connectivity index (χ2v) is 3.96. The lowest BCUT2D eigenvalue weighted by molar-refractivity contribution is -0.132. The molecule has 0 fully saturated rings. The number of rotatable bonds is 3. The van der Waals surface area contributed by atoms with E-state index in [0.29, 0.717) is 17.9 Å². The summed E-state index contributed by atoms with van der Waals surface area (Å²) < 4.78 is 0. The number of allylic oxidation sites excluding steroid dienone is 2. The highest BCUT2D eigenvalue weighted by molar-refractivity contribution is 5.85. The van der Waals surface area contributed by atoms with Crippen LogP contribution in [0, 0.1) is 5.92 Å². The molecule has 2 heteroatoms. The summed E-state index contributed by atoms with van der Waals surface area (Å²) in [7, 11) is 0. The predicted molar refractivity (Wildman–Crippen MR) is 57.1 cm³/mol. The van der Waals surface area contributed by atoms with Crippen LogP contribution in [0.5, 0.6) is 0 Å². The Hall–Kier alpha value is -1.05. The van der Waals surface area contributed by atoms with Crippen LogP contribution >= 0.6 is 0 Å². The van der Waals surface area contributed by atoms with E-state index in [1.54, 1.807) is 0 Å². The molecular formula is C12H18O2. The van der Waals surface area contributed by atoms with Crippen LogP contribution in [0.4, 0.5) is 0 Å². The summed E-state index contributed by atoms with van der Waals surface area (Å²) in [6.45, 7) is 3.58. The van der Waals surface area contributed by atoms with E-state index in [1.165, 1.54) is 6.42 Å². The molecule has 0 aromatic rings. The van der Waals surface area contributed by atoms with Crippen molar-refractivity contribution in [3.63, 3.8) is 0 Å². The molecule has 1 unspecified atom stereocenters. The largest absolute Gasteiger partial charge is 0.478 e. The lowest BCUT2D eigenvalue weighted by Gasteiger charge is -2.17. The summed E-state index contributed by atoms with van der Waals surface area (Å²) in [6.07, 6.45) is 10.7. The maximum Gasteiger partial charge on any atom is 0.330 e. The van der Waals surface area contributed by atoms with Crippen molar-refractivity contribution in [2.24, 2.45) is 5.92 Å². The van der Waals surface area contributed by atoms with Gasteiger partial charge in [0.05, 0.1) is 0 Å². The summed E-state index contributed by atoms with van der Waals surface area (Å²) in [5.41, 5.74) is 0.361. The number of aliphatic carboxylic acids is 1. The smallest absolute Gasteiger partial charge is 0.330 e. The molecule has 1 rings (SSSR count). The van der Waals surface area contributed by atoms with Gasteiger partial charge in [-0.2, -0.15) is 0 Å². The summed E-state index contributed by atoms with van der Waals surface area (Å²) in [6, 6.07) is 0. The molecule has 14 heavy (non-hydrogen) atoms. The number of carboxylic acid groups (broad SMARTS) is 1. The predicted octanol–water partition coefficient (Wildman–Crippen LogP) is 3.15. The third-order valence-electron chi connectivity index (χ3n) is 2.73. The van der Waals surface area contributed by atoms with Gasteiger partial charge in [-0.15, -0.1) is 0 Å². The minimum Gasteiger partial charge on any atom is -0.478 e. The zero-order valence-corrected chi connectivity index (χ0v) is 8.54. The summed E-state index contributed by atoms with van der Waals surface area (Å²) >= 11 is 0. The van der Waals surface area contributed by atoms with E-state index >= 15 is 0 Å². The zero-order valence-electron chi connectivity index (χ0n) is 8.54. The second kappa shape index (κ2) is 5.63. The molecule has 0 aliphatic heterocycles. The molecule has 1 atom stereocenters. The van der Waals surface area contributed by atoms with Crippen LogP contribution < -0.4 is 0 Å². The fourth-order valence-corrected chi connectivity index (χ4v) is 1.88. The molecule has 1 aliphatic carbocycles. The van der Waals surface area contributed by atoms with Gasteiger partial charge in [-0.3, -0.25) is 0 Å². The van der Waals surface area contributed by atoms with Crippen LogP contribution in [0.1, 0.15) is 38.5 Å². The van der Waals surface area contributed by atoms with Gasteiger partial charge in [0.2, 0.25) is 0 Å². The van der Waals surface area contributed by atoms with Gasteiger partial charge in [0.15, 0.2) is 0 Å². The number of hydrogen-bond acceptors (Lipinski definition) is 1. The third kappa shape index (κ3) is 3.77. The zero-order chi connectivity index (χ0) is 10.4. The Morgan fingerprint density at radius 2 is 2.07 bits per heavy atom. The Balaban J connectivity index is 2.39. The van der Waals surface area contributed by atoms with E-state index in [-0.39, 0.29) is 0 Å². The highest BCUT2D eigenvalue weighted by Gasteiger charge is 2.14. The van der Waals surface area contributed by atoms with E-state index in [4.69, 9.17) is 5.11 Å². The Kier molecular flexibility index (Phi) is 4.44. The molecule has 0 aromatic carbocycles. The van der Waals surface area contributed by atoms with Gasteiger partial charge in [-0.05, 0) is 44.4 Å². The lowest BCUT2D eigenvalue weighted by atomic mass is 9.89. The highest BCUT2D eigenvalue weighted by atomic mass is 16.4. The molecule has 0 radical (unpaired) electrons. The quantitative estimate of drug-likeness (QED) is 0.553. The number of carboxylic acids is 1. The minimum atomic E-state index is -0.845. The van der Waals surface area contributed by atoms with Crippen LogP contribution in [0.3, 0.4) is 0 Å². The molecule has 0 bridgehead atoms. The first kappa shape index (κ1) is 11.0. The van der Waals surface area contributed by atoms with E-state index in [0.717, 1.165) is 25.7 Å². The fourth-order valence-electron chi connectivity index (χ4n) is 1.88. The minimum absolute atomic E-state index is 0.361. The first-order valence-corrected chi connectivity index (χ1v) is 5.26. The summed E-state index contributed by atoms with van der Waals surface area (Å²) in [5, 5.41) is 8.72. The molecule has 78 valence electrons. The van der Waals surface area contributed by atoms with Gasteiger partial charge in [-0.25, -0.2) is 4.79 Å². The molecule has 1 N–H and O–H groups in total. The Bertz CT molecular complexity index is 241. The van der Waals surface area contributed by atoms with Crippen molar-refractivity contribution >= 4 is 5.97 Å². The summed E-state index contributed by atoms with van der Waals surface area (Å²) in [5.74, 6) is -0.328. The summed E-state index contributed by atoms with van der Waals surface area (Å²) in [4.78, 5) is 10.6. The van der Waals surface area contributed by atoms with Crippen LogP contribution in [0.2, 0.25) is 0 Å². The first-order chi connectivity index (χ1) is 6.70. The van der Waals surface area contributed by atoms with Gasteiger partial charge in [0, 0.05) is 5.57 Å². The molecule has 0 spiro atoms. The molecular weight excluding hydrogens is 176 g/mol. The maximum absolute atomic E-state index is 10.6. The van der Waals surface area contributed by atoms with E-state index < -0.39 is 5.97 Å². The van der Waals surface area contributed by atoms with Crippen molar-refractivity contribution in [3.05, 3.63) is 24.3 Å². The van der Waals surface area contributed by atoms with Gasteiger partial charge in [0.1, 0.15) is 0 Å². The SMILES string of the molecule is C=C(CC1CCC=CCCC1)C(=O)O. The van der Waals surface area contributed by atoms with E-state index in [9.17, 15) is 4.79 Å². The molecule has 0 saturated carbocycles. The van der Waals surface area contributed by atoms with Crippen LogP contribution in [0.25, 0.3) is 0 Å². The maximum atomic E-state index is 10.6. The van der Waals surface area contributed by atoms with Crippen molar-refractivity contribution in [3.8, 4) is 0 Å².